The van der Waals surface area contributed by atoms with E-state index in [0.29, 0.717) is 28.1 Å². The van der Waals surface area contributed by atoms with Gasteiger partial charge in [0.25, 0.3) is 0 Å². The Labute approximate surface area is 262 Å². The molecule has 0 fully saturated rings. The van der Waals surface area contributed by atoms with Gasteiger partial charge in [-0.05, 0) is 26.0 Å². The minimum atomic E-state index is -0.861. The predicted octanol–water partition coefficient (Wildman–Crippen LogP) is 2.76. The van der Waals surface area contributed by atoms with Crippen LogP contribution >= 0.6 is 0 Å². The van der Waals surface area contributed by atoms with E-state index >= 15 is 0 Å². The Balaban J connectivity index is 0.000000349. The molecule has 8 heteroatoms. The number of rotatable bonds is 1. The molecule has 36 heavy (non-hydrogen) atoms. The zero-order chi connectivity index (χ0) is 25.3. The first-order valence-corrected chi connectivity index (χ1v) is 11.1. The maximum absolute atomic E-state index is 12.6. The molecule has 0 radical (unpaired) electrons. The third-order valence-electron chi connectivity index (χ3n) is 5.90. The van der Waals surface area contributed by atoms with E-state index in [1.807, 2.05) is 14.1 Å². The van der Waals surface area contributed by atoms with Gasteiger partial charge in [-0.15, -0.1) is 5.69 Å². The van der Waals surface area contributed by atoms with Crippen molar-refractivity contribution in [1.29, 1.82) is 0 Å². The summed E-state index contributed by atoms with van der Waals surface area (Å²) >= 11 is 0. The van der Waals surface area contributed by atoms with Crippen molar-refractivity contribution in [3.8, 4) is 0 Å². The Bertz CT molecular complexity index is 1200. The first kappa shape index (κ1) is 32.1. The second-order valence-electron chi connectivity index (χ2n) is 9.88. The van der Waals surface area contributed by atoms with E-state index in [0.717, 1.165) is 0 Å². The molecule has 7 nitrogen and oxygen atoms in total. The van der Waals surface area contributed by atoms with Crippen molar-refractivity contribution < 1.29 is 77.4 Å². The quantitative estimate of drug-likeness (QED) is 0.540. The number of ketones is 2. The van der Waals surface area contributed by atoms with Crippen LogP contribution in [-0.2, 0) is 9.59 Å². The number of fused-ring (bicyclic) bond motifs is 2. The second-order valence-corrected chi connectivity index (χ2v) is 9.88. The molecule has 2 aliphatic rings. The topological polar surface area (TPSA) is 97.7 Å². The normalized spacial score (nSPS) is 18.3. The summed E-state index contributed by atoms with van der Waals surface area (Å²) in [6.45, 7) is 7.04. The molecule has 2 heterocycles. The Hall–Kier alpha value is -1.93. The summed E-state index contributed by atoms with van der Waals surface area (Å²) in [6.07, 6.45) is 1.95. The third kappa shape index (κ3) is 6.88. The molecule has 0 aromatic heterocycles. The summed E-state index contributed by atoms with van der Waals surface area (Å²) in [5.41, 5.74) is 1.12. The molecule has 0 atom stereocenters. The molecule has 2 amide bonds. The van der Waals surface area contributed by atoms with Gasteiger partial charge in [0.05, 0.1) is 17.0 Å². The molecule has 2 aliphatic heterocycles. The zero-order valence-electron chi connectivity index (χ0n) is 21.4. The molecule has 0 unspecified atom stereocenters. The largest absolute Gasteiger partial charge is 1.00 e. The molecule has 0 saturated carbocycles. The van der Waals surface area contributed by atoms with E-state index in [1.54, 1.807) is 87.3 Å². The summed E-state index contributed by atoms with van der Waals surface area (Å²) in [5.74, 6) is -0.502. The van der Waals surface area contributed by atoms with Crippen LogP contribution in [-0.4, -0.2) is 42.4 Å². The van der Waals surface area contributed by atoms with Gasteiger partial charge in [-0.25, -0.2) is 0 Å². The van der Waals surface area contributed by atoms with Gasteiger partial charge in [0.1, 0.15) is 0 Å². The molecule has 0 aliphatic carbocycles. The first-order chi connectivity index (χ1) is 15.8. The monoisotopic (exact) mass is 561 g/mol. The number of hydrogen-bond acceptors (Lipinski definition) is 5. The molecular weight excluding hydrogens is 528 g/mol. The van der Waals surface area contributed by atoms with E-state index in [2.05, 4.69) is 10.6 Å². The van der Waals surface area contributed by atoms with Crippen molar-refractivity contribution >= 4 is 34.8 Å². The molecule has 186 valence electrons. The zero-order valence-corrected chi connectivity index (χ0v) is 26.3. The number of amides is 2. The third-order valence-corrected chi connectivity index (χ3v) is 5.90. The SMILES string of the molecule is C.CC1(C)CC(=O)c2ccccc2[N-]C1=O.CN(C)/C=C1/C(=O)c2ccccc2NC(=O)C1(C)C.[Rb+]. The van der Waals surface area contributed by atoms with Gasteiger partial charge in [0.2, 0.25) is 5.91 Å². The van der Waals surface area contributed by atoms with Crippen LogP contribution in [0, 0.1) is 10.8 Å². The molecule has 0 bridgehead atoms. The van der Waals surface area contributed by atoms with Crippen molar-refractivity contribution in [3.05, 3.63) is 76.7 Å². The van der Waals surface area contributed by atoms with Gasteiger partial charge < -0.3 is 20.3 Å². The number of Topliss-reactive ketones (excluding diaryl/α,β-unsaturated/α-hetero) is 2. The summed E-state index contributed by atoms with van der Waals surface area (Å²) < 4.78 is 0. The smallest absolute Gasteiger partial charge is 0.626 e. The number of hydrogen-bond donors (Lipinski definition) is 1. The van der Waals surface area contributed by atoms with E-state index in [1.165, 1.54) is 0 Å². The van der Waals surface area contributed by atoms with Gasteiger partial charge in [-0.1, -0.05) is 57.7 Å². The Morgan fingerprint density at radius 3 is 2.06 bits per heavy atom. The van der Waals surface area contributed by atoms with Crippen LogP contribution in [0.25, 0.3) is 5.32 Å². The van der Waals surface area contributed by atoms with Crippen molar-refractivity contribution in [3.63, 3.8) is 0 Å². The molecule has 1 N–H and O–H groups in total. The van der Waals surface area contributed by atoms with Gasteiger partial charge in [0.15, 0.2) is 11.6 Å². The second kappa shape index (κ2) is 12.5. The van der Waals surface area contributed by atoms with E-state index in [-0.39, 0.29) is 95.4 Å². The van der Waals surface area contributed by atoms with Crippen LogP contribution in [0.2, 0.25) is 0 Å². The number of carbonyl (C=O) groups excluding carboxylic acids is 4. The van der Waals surface area contributed by atoms with Crippen LogP contribution in [0.4, 0.5) is 11.4 Å². The van der Waals surface area contributed by atoms with E-state index < -0.39 is 10.8 Å². The van der Waals surface area contributed by atoms with Crippen molar-refractivity contribution in [2.45, 2.75) is 41.5 Å². The van der Waals surface area contributed by atoms with Crippen LogP contribution in [0.3, 0.4) is 0 Å². The van der Waals surface area contributed by atoms with Gasteiger partial charge in [-0.3, -0.25) is 14.4 Å². The van der Waals surface area contributed by atoms with E-state index in [9.17, 15) is 19.2 Å². The van der Waals surface area contributed by atoms with Gasteiger partial charge >= 0.3 is 58.2 Å². The number of anilines is 1. The molecule has 2 aromatic rings. The van der Waals surface area contributed by atoms with Crippen LogP contribution < -0.4 is 63.5 Å². The Morgan fingerprint density at radius 1 is 0.889 bits per heavy atom. The summed E-state index contributed by atoms with van der Waals surface area (Å²) in [4.78, 5) is 50.3. The number of carbonyl (C=O) groups is 4. The number of benzene rings is 2. The average Bonchev–Trinajstić information content (AvgIpc) is 2.89. The molecule has 4 rings (SSSR count). The maximum atomic E-state index is 12.6. The average molecular weight is 562 g/mol. The molecule has 0 saturated heterocycles. The van der Waals surface area contributed by atoms with Crippen molar-refractivity contribution in [2.24, 2.45) is 10.8 Å². The predicted molar refractivity (Wildman–Crippen MR) is 139 cm³/mol. The fraction of sp³-hybridized carbons (Fsp3) is 0.357. The van der Waals surface area contributed by atoms with Gasteiger partial charge in [-0.2, -0.15) is 0 Å². The van der Waals surface area contributed by atoms with Crippen LogP contribution in [0.1, 0.15) is 62.3 Å². The standard InChI is InChI=1S/C15H18N2O2.C12H13NO2.CH4.Rb/c1-15(2)11(9-17(3)4)13(18)10-7-5-6-8-12(10)16-14(15)19;1-12(2)7-10(14)8-5-3-4-6-9(8)13-11(12)15;;/h5-9H,1-4H3,(H,16,19);3-6H,7H2,1-2H3,(H,13,14,15);1H4;/q;;;+1/p-1/b11-9-;;;. The minimum absolute atomic E-state index is 0. The van der Waals surface area contributed by atoms with Crippen LogP contribution in [0.15, 0.2) is 60.3 Å². The number of nitrogens with zero attached hydrogens (tertiary/aromatic N) is 2. The molecule has 0 spiro atoms. The van der Waals surface area contributed by atoms with Crippen molar-refractivity contribution in [2.75, 3.05) is 19.4 Å². The molecular formula is C28H34N3O4Rb. The minimum Gasteiger partial charge on any atom is -0.626 e. The maximum Gasteiger partial charge on any atom is 1.00 e. The fourth-order valence-corrected chi connectivity index (χ4v) is 3.74. The van der Waals surface area contributed by atoms with Gasteiger partial charge in [0, 0.05) is 48.8 Å². The number of nitrogens with one attached hydrogen (secondary N) is 1. The fourth-order valence-electron chi connectivity index (χ4n) is 3.74. The summed E-state index contributed by atoms with van der Waals surface area (Å²) in [7, 11) is 3.68. The van der Waals surface area contributed by atoms with Crippen molar-refractivity contribution in [1.82, 2.24) is 4.90 Å². The summed E-state index contributed by atoms with van der Waals surface area (Å²) in [6, 6.07) is 14.1. The Kier molecular flexibility index (Phi) is 11.2. The first-order valence-electron chi connectivity index (χ1n) is 11.1. The van der Waals surface area contributed by atoms with Crippen LogP contribution in [0.5, 0.6) is 0 Å². The summed E-state index contributed by atoms with van der Waals surface area (Å²) in [5, 5.41) is 6.81. The number of para-hydroxylation sites is 2. The Morgan fingerprint density at radius 2 is 1.44 bits per heavy atom. The molecule has 2 aromatic carbocycles. The van der Waals surface area contributed by atoms with E-state index in [4.69, 9.17) is 0 Å².